The Balaban J connectivity index is 2.34. The highest BCUT2D eigenvalue weighted by Gasteiger charge is 2.23. The van der Waals surface area contributed by atoms with Crippen molar-refractivity contribution >= 4 is 5.97 Å². The Hall–Kier alpha value is -2.43. The minimum Gasteiger partial charge on any atom is -0.493 e. The molecule has 3 nitrogen and oxygen atoms in total. The van der Waals surface area contributed by atoms with Gasteiger partial charge in [0.25, 0.3) is 0 Å². The summed E-state index contributed by atoms with van der Waals surface area (Å²) in [4.78, 5) is 12.4. The minimum atomic E-state index is -1.08. The highest BCUT2D eigenvalue weighted by molar-refractivity contribution is 5.95. The first-order chi connectivity index (χ1) is 11.0. The molecule has 0 aliphatic rings. The second kappa shape index (κ2) is 7.72. The van der Waals surface area contributed by atoms with Crippen molar-refractivity contribution < 1.29 is 23.0 Å². The fourth-order valence-corrected chi connectivity index (χ4v) is 2.06. The first-order valence-corrected chi connectivity index (χ1v) is 7.43. The zero-order chi connectivity index (χ0) is 16.8. The van der Waals surface area contributed by atoms with Crippen molar-refractivity contribution in [1.29, 1.82) is 0 Å². The second-order valence-corrected chi connectivity index (χ2v) is 5.08. The van der Waals surface area contributed by atoms with Crippen LogP contribution in [0.15, 0.2) is 36.4 Å². The SMILES string of the molecule is CCCCOc1cc(F)c(F)c(C)c1C(=O)Oc1ccccc1. The number of esters is 1. The number of halogens is 2. The topological polar surface area (TPSA) is 35.5 Å². The maximum atomic E-state index is 13.8. The Morgan fingerprint density at radius 2 is 1.87 bits per heavy atom. The average Bonchev–Trinajstić information content (AvgIpc) is 2.54. The molecule has 0 atom stereocenters. The van der Waals surface area contributed by atoms with Crippen LogP contribution in [-0.4, -0.2) is 12.6 Å². The van der Waals surface area contributed by atoms with Crippen LogP contribution >= 0.6 is 0 Å². The van der Waals surface area contributed by atoms with Crippen molar-refractivity contribution in [3.8, 4) is 11.5 Å². The molecule has 0 aliphatic heterocycles. The molecule has 0 heterocycles. The Morgan fingerprint density at radius 1 is 1.17 bits per heavy atom. The standard InChI is InChI=1S/C18H18F2O3/c1-3-4-10-22-15-11-14(19)17(20)12(2)16(15)18(21)23-13-8-6-5-7-9-13/h5-9,11H,3-4,10H2,1-2H3. The fourth-order valence-electron chi connectivity index (χ4n) is 2.06. The van der Waals surface area contributed by atoms with Gasteiger partial charge in [0.15, 0.2) is 11.6 Å². The predicted molar refractivity (Wildman–Crippen MR) is 82.9 cm³/mol. The summed E-state index contributed by atoms with van der Waals surface area (Å²) >= 11 is 0. The van der Waals surface area contributed by atoms with E-state index in [1.165, 1.54) is 6.92 Å². The molecule has 0 N–H and O–H groups in total. The Morgan fingerprint density at radius 3 is 2.52 bits per heavy atom. The van der Waals surface area contributed by atoms with E-state index >= 15 is 0 Å². The summed E-state index contributed by atoms with van der Waals surface area (Å²) in [5.74, 6) is -2.59. The summed E-state index contributed by atoms with van der Waals surface area (Å²) in [5, 5.41) is 0. The summed E-state index contributed by atoms with van der Waals surface area (Å²) in [7, 11) is 0. The Kier molecular flexibility index (Phi) is 5.68. The van der Waals surface area contributed by atoms with Crippen LogP contribution in [0, 0.1) is 18.6 Å². The Bertz CT molecular complexity index is 684. The first-order valence-electron chi connectivity index (χ1n) is 7.43. The van der Waals surface area contributed by atoms with E-state index in [1.54, 1.807) is 30.3 Å². The molecule has 0 aliphatic carbocycles. The Labute approximate surface area is 133 Å². The van der Waals surface area contributed by atoms with Crippen molar-refractivity contribution in [2.45, 2.75) is 26.7 Å². The lowest BCUT2D eigenvalue weighted by Gasteiger charge is -2.14. The van der Waals surface area contributed by atoms with Gasteiger partial charge in [-0.15, -0.1) is 0 Å². The monoisotopic (exact) mass is 320 g/mol. The van der Waals surface area contributed by atoms with Crippen molar-refractivity contribution in [3.63, 3.8) is 0 Å². The van der Waals surface area contributed by atoms with Gasteiger partial charge in [-0.05, 0) is 25.5 Å². The summed E-state index contributed by atoms with van der Waals surface area (Å²) in [6.45, 7) is 3.61. The number of carbonyl (C=O) groups excluding carboxylic acids is 1. The van der Waals surface area contributed by atoms with Crippen molar-refractivity contribution in [2.24, 2.45) is 0 Å². The van der Waals surface area contributed by atoms with E-state index in [0.29, 0.717) is 12.4 Å². The lowest BCUT2D eigenvalue weighted by molar-refractivity contribution is 0.0728. The summed E-state index contributed by atoms with van der Waals surface area (Å²) in [6.07, 6.45) is 1.62. The largest absolute Gasteiger partial charge is 0.493 e. The second-order valence-electron chi connectivity index (χ2n) is 5.08. The molecule has 0 aromatic heterocycles. The molecule has 0 fully saturated rings. The number of ether oxygens (including phenoxy) is 2. The third kappa shape index (κ3) is 4.06. The third-order valence-corrected chi connectivity index (χ3v) is 3.33. The lowest BCUT2D eigenvalue weighted by Crippen LogP contribution is -2.15. The van der Waals surface area contributed by atoms with Crippen molar-refractivity contribution in [2.75, 3.05) is 6.61 Å². The molecule has 23 heavy (non-hydrogen) atoms. The molecule has 2 rings (SSSR count). The lowest BCUT2D eigenvalue weighted by atomic mass is 10.1. The van der Waals surface area contributed by atoms with Crippen LogP contribution in [0.5, 0.6) is 11.5 Å². The van der Waals surface area contributed by atoms with Gasteiger partial charge < -0.3 is 9.47 Å². The van der Waals surface area contributed by atoms with Gasteiger partial charge in [0.1, 0.15) is 17.1 Å². The van der Waals surface area contributed by atoms with Crippen LogP contribution in [0.1, 0.15) is 35.7 Å². The summed E-state index contributed by atoms with van der Waals surface area (Å²) in [5.41, 5.74) is -0.221. The zero-order valence-electron chi connectivity index (χ0n) is 13.1. The quantitative estimate of drug-likeness (QED) is 0.441. The molecular weight excluding hydrogens is 302 g/mol. The molecule has 5 heteroatoms. The van der Waals surface area contributed by atoms with Crippen LogP contribution < -0.4 is 9.47 Å². The van der Waals surface area contributed by atoms with Gasteiger partial charge in [0.05, 0.1) is 6.61 Å². The van der Waals surface area contributed by atoms with Gasteiger partial charge in [0, 0.05) is 11.6 Å². The number of para-hydroxylation sites is 1. The van der Waals surface area contributed by atoms with E-state index in [4.69, 9.17) is 9.47 Å². The van der Waals surface area contributed by atoms with Crippen LogP contribution in [0.25, 0.3) is 0 Å². The number of carbonyl (C=O) groups is 1. The molecule has 0 radical (unpaired) electrons. The molecule has 2 aromatic rings. The molecule has 0 saturated carbocycles. The van der Waals surface area contributed by atoms with E-state index in [9.17, 15) is 13.6 Å². The number of rotatable bonds is 6. The minimum absolute atomic E-state index is 0.00391. The average molecular weight is 320 g/mol. The maximum Gasteiger partial charge on any atom is 0.347 e. The molecule has 0 spiro atoms. The van der Waals surface area contributed by atoms with Gasteiger partial charge in [-0.2, -0.15) is 0 Å². The van der Waals surface area contributed by atoms with Crippen LogP contribution in [0.2, 0.25) is 0 Å². The smallest absolute Gasteiger partial charge is 0.347 e. The molecule has 0 bridgehead atoms. The van der Waals surface area contributed by atoms with Crippen molar-refractivity contribution in [3.05, 3.63) is 59.2 Å². The van der Waals surface area contributed by atoms with E-state index in [-0.39, 0.29) is 16.9 Å². The van der Waals surface area contributed by atoms with Crippen molar-refractivity contribution in [1.82, 2.24) is 0 Å². The van der Waals surface area contributed by atoms with Gasteiger partial charge in [-0.25, -0.2) is 13.6 Å². The van der Waals surface area contributed by atoms with Crippen LogP contribution in [-0.2, 0) is 0 Å². The number of hydrogen-bond donors (Lipinski definition) is 0. The molecule has 0 amide bonds. The van der Waals surface area contributed by atoms with Gasteiger partial charge in [-0.3, -0.25) is 0 Å². The first kappa shape index (κ1) is 16.9. The van der Waals surface area contributed by atoms with Crippen LogP contribution in [0.4, 0.5) is 8.78 Å². The number of unbranched alkanes of at least 4 members (excludes halogenated alkanes) is 1. The normalized spacial score (nSPS) is 10.4. The van der Waals surface area contributed by atoms with Gasteiger partial charge in [-0.1, -0.05) is 31.5 Å². The highest BCUT2D eigenvalue weighted by atomic mass is 19.2. The zero-order valence-corrected chi connectivity index (χ0v) is 13.1. The van der Waals surface area contributed by atoms with E-state index < -0.39 is 17.6 Å². The third-order valence-electron chi connectivity index (χ3n) is 3.33. The molecule has 2 aromatic carbocycles. The molecule has 0 unspecified atom stereocenters. The van der Waals surface area contributed by atoms with Crippen LogP contribution in [0.3, 0.4) is 0 Å². The maximum absolute atomic E-state index is 13.8. The van der Waals surface area contributed by atoms with Gasteiger partial charge >= 0.3 is 5.97 Å². The van der Waals surface area contributed by atoms with E-state index in [1.807, 2.05) is 6.92 Å². The summed E-state index contributed by atoms with van der Waals surface area (Å²) in [6, 6.07) is 9.28. The molecule has 0 saturated heterocycles. The number of benzene rings is 2. The van der Waals surface area contributed by atoms with Gasteiger partial charge in [0.2, 0.25) is 0 Å². The predicted octanol–water partition coefficient (Wildman–Crippen LogP) is 4.67. The summed E-state index contributed by atoms with van der Waals surface area (Å²) < 4.78 is 38.1. The highest BCUT2D eigenvalue weighted by Crippen LogP contribution is 2.28. The fraction of sp³-hybridized carbons (Fsp3) is 0.278. The van der Waals surface area contributed by atoms with E-state index in [2.05, 4.69) is 0 Å². The van der Waals surface area contributed by atoms with E-state index in [0.717, 1.165) is 18.9 Å². The molecule has 122 valence electrons. The number of hydrogen-bond acceptors (Lipinski definition) is 3. The molecular formula is C18H18F2O3.